The number of rotatable bonds is 5. The van der Waals surface area contributed by atoms with E-state index in [1.54, 1.807) is 13.8 Å². The van der Waals surface area contributed by atoms with Gasteiger partial charge in [-0.1, -0.05) is 25.1 Å². The van der Waals surface area contributed by atoms with Crippen LogP contribution < -0.4 is 0 Å². The zero-order valence-corrected chi connectivity index (χ0v) is 10.3. The van der Waals surface area contributed by atoms with Crippen LogP contribution in [0.5, 0.6) is 0 Å². The van der Waals surface area contributed by atoms with E-state index in [2.05, 4.69) is 0 Å². The highest BCUT2D eigenvalue weighted by molar-refractivity contribution is 6.00. The SMILES string of the molecule is CCOC(CC)C(=O)c1ccccc1C(F)(F)F. The molecule has 2 nitrogen and oxygen atoms in total. The molecule has 0 amide bonds. The van der Waals surface area contributed by atoms with Crippen LogP contribution >= 0.6 is 0 Å². The van der Waals surface area contributed by atoms with Crippen LogP contribution in [0.15, 0.2) is 24.3 Å². The van der Waals surface area contributed by atoms with Crippen molar-refractivity contribution in [3.8, 4) is 0 Å². The molecule has 1 rings (SSSR count). The smallest absolute Gasteiger partial charge is 0.370 e. The van der Waals surface area contributed by atoms with Gasteiger partial charge in [-0.3, -0.25) is 4.79 Å². The minimum Gasteiger partial charge on any atom is -0.370 e. The first kappa shape index (κ1) is 14.7. The number of ether oxygens (including phenoxy) is 1. The van der Waals surface area contributed by atoms with Crippen LogP contribution in [0.1, 0.15) is 36.2 Å². The van der Waals surface area contributed by atoms with Crippen molar-refractivity contribution in [1.29, 1.82) is 0 Å². The van der Waals surface area contributed by atoms with E-state index < -0.39 is 23.6 Å². The minimum atomic E-state index is -4.53. The predicted octanol–water partition coefficient (Wildman–Crippen LogP) is 3.70. The van der Waals surface area contributed by atoms with Crippen LogP contribution in [-0.4, -0.2) is 18.5 Å². The van der Waals surface area contributed by atoms with Gasteiger partial charge < -0.3 is 4.74 Å². The van der Waals surface area contributed by atoms with Crippen molar-refractivity contribution in [2.24, 2.45) is 0 Å². The third kappa shape index (κ3) is 3.32. The summed E-state index contributed by atoms with van der Waals surface area (Å²) in [4.78, 5) is 12.0. The summed E-state index contributed by atoms with van der Waals surface area (Å²) in [5.41, 5.74) is -1.24. The van der Waals surface area contributed by atoms with Crippen molar-refractivity contribution < 1.29 is 22.7 Å². The van der Waals surface area contributed by atoms with Gasteiger partial charge in [0.05, 0.1) is 5.56 Å². The monoisotopic (exact) mass is 260 g/mol. The van der Waals surface area contributed by atoms with Gasteiger partial charge in [-0.2, -0.15) is 13.2 Å². The summed E-state index contributed by atoms with van der Waals surface area (Å²) < 4.78 is 43.5. The predicted molar refractivity (Wildman–Crippen MR) is 61.5 cm³/mol. The molecule has 0 fully saturated rings. The highest BCUT2D eigenvalue weighted by Crippen LogP contribution is 2.32. The quantitative estimate of drug-likeness (QED) is 0.754. The number of alkyl halides is 3. The van der Waals surface area contributed by atoms with E-state index in [9.17, 15) is 18.0 Å². The van der Waals surface area contributed by atoms with Crippen LogP contribution in [0.2, 0.25) is 0 Å². The molecular weight excluding hydrogens is 245 g/mol. The molecule has 0 saturated heterocycles. The van der Waals surface area contributed by atoms with Gasteiger partial charge in [-0.05, 0) is 19.4 Å². The van der Waals surface area contributed by atoms with Gasteiger partial charge in [0.25, 0.3) is 0 Å². The lowest BCUT2D eigenvalue weighted by Gasteiger charge is -2.17. The Morgan fingerprint density at radius 2 is 1.89 bits per heavy atom. The van der Waals surface area contributed by atoms with E-state index in [1.165, 1.54) is 18.2 Å². The van der Waals surface area contributed by atoms with Crippen molar-refractivity contribution in [3.05, 3.63) is 35.4 Å². The lowest BCUT2D eigenvalue weighted by molar-refractivity contribution is -0.138. The molecule has 1 aromatic carbocycles. The fourth-order valence-corrected chi connectivity index (χ4v) is 1.70. The molecule has 1 unspecified atom stereocenters. The average Bonchev–Trinajstić information content (AvgIpc) is 2.34. The molecule has 0 aliphatic rings. The van der Waals surface area contributed by atoms with Gasteiger partial charge in [0.1, 0.15) is 6.10 Å². The molecule has 100 valence electrons. The maximum Gasteiger partial charge on any atom is 0.417 e. The lowest BCUT2D eigenvalue weighted by Crippen LogP contribution is -2.26. The number of benzene rings is 1. The van der Waals surface area contributed by atoms with Crippen LogP contribution in [0.4, 0.5) is 13.2 Å². The normalized spacial score (nSPS) is 13.4. The molecule has 0 spiro atoms. The summed E-state index contributed by atoms with van der Waals surface area (Å²) >= 11 is 0. The Labute approximate surface area is 104 Å². The standard InChI is InChI=1S/C13H15F3O2/c1-3-11(18-4-2)12(17)9-7-5-6-8-10(9)13(14,15)16/h5-8,11H,3-4H2,1-2H3. The number of carbonyl (C=O) groups is 1. The second kappa shape index (κ2) is 6.00. The molecule has 0 radical (unpaired) electrons. The van der Waals surface area contributed by atoms with E-state index in [-0.39, 0.29) is 5.56 Å². The van der Waals surface area contributed by atoms with Gasteiger partial charge in [0.2, 0.25) is 0 Å². The second-order valence-electron chi connectivity index (χ2n) is 3.76. The Balaban J connectivity index is 3.13. The summed E-state index contributed by atoms with van der Waals surface area (Å²) in [5.74, 6) is -0.618. The Morgan fingerprint density at radius 1 is 1.28 bits per heavy atom. The van der Waals surface area contributed by atoms with Crippen molar-refractivity contribution in [2.45, 2.75) is 32.5 Å². The first-order chi connectivity index (χ1) is 8.41. The molecule has 5 heteroatoms. The molecule has 0 aromatic heterocycles. The molecular formula is C13H15F3O2. The molecule has 0 heterocycles. The zero-order chi connectivity index (χ0) is 13.8. The molecule has 0 bridgehead atoms. The Morgan fingerprint density at radius 3 is 2.39 bits per heavy atom. The van der Waals surface area contributed by atoms with Crippen molar-refractivity contribution in [1.82, 2.24) is 0 Å². The first-order valence-corrected chi connectivity index (χ1v) is 5.73. The highest BCUT2D eigenvalue weighted by Gasteiger charge is 2.36. The van der Waals surface area contributed by atoms with E-state index in [4.69, 9.17) is 4.74 Å². The van der Waals surface area contributed by atoms with Gasteiger partial charge in [0, 0.05) is 12.2 Å². The third-order valence-electron chi connectivity index (χ3n) is 2.53. The fourth-order valence-electron chi connectivity index (χ4n) is 1.70. The number of Topliss-reactive ketones (excluding diaryl/α,β-unsaturated/α-hetero) is 1. The van der Waals surface area contributed by atoms with Gasteiger partial charge in [0.15, 0.2) is 5.78 Å². The molecule has 1 atom stereocenters. The van der Waals surface area contributed by atoms with Crippen LogP contribution in [0.3, 0.4) is 0 Å². The van der Waals surface area contributed by atoms with E-state index >= 15 is 0 Å². The van der Waals surface area contributed by atoms with E-state index in [1.807, 2.05) is 0 Å². The highest BCUT2D eigenvalue weighted by atomic mass is 19.4. The first-order valence-electron chi connectivity index (χ1n) is 5.73. The summed E-state index contributed by atoms with van der Waals surface area (Å²) in [6.07, 6.45) is -5.01. The molecule has 0 aliphatic carbocycles. The maximum atomic E-state index is 12.8. The molecule has 0 saturated carbocycles. The Kier molecular flexibility index (Phi) is 4.90. The summed E-state index contributed by atoms with van der Waals surface area (Å²) in [5, 5.41) is 0. The van der Waals surface area contributed by atoms with Gasteiger partial charge >= 0.3 is 6.18 Å². The summed E-state index contributed by atoms with van der Waals surface area (Å²) in [7, 11) is 0. The number of carbonyl (C=O) groups excluding carboxylic acids is 1. The van der Waals surface area contributed by atoms with E-state index in [0.717, 1.165) is 6.07 Å². The Hall–Kier alpha value is -1.36. The third-order valence-corrected chi connectivity index (χ3v) is 2.53. The number of ketones is 1. The van der Waals surface area contributed by atoms with Crippen molar-refractivity contribution in [2.75, 3.05) is 6.61 Å². The number of hydrogen-bond acceptors (Lipinski definition) is 2. The molecule has 0 aliphatic heterocycles. The Bertz CT molecular complexity index is 413. The molecule has 1 aromatic rings. The van der Waals surface area contributed by atoms with Crippen molar-refractivity contribution >= 4 is 5.78 Å². The van der Waals surface area contributed by atoms with Crippen LogP contribution in [0, 0.1) is 0 Å². The van der Waals surface area contributed by atoms with Crippen LogP contribution in [0.25, 0.3) is 0 Å². The largest absolute Gasteiger partial charge is 0.417 e. The maximum absolute atomic E-state index is 12.8. The lowest BCUT2D eigenvalue weighted by atomic mass is 9.98. The topological polar surface area (TPSA) is 26.3 Å². The van der Waals surface area contributed by atoms with Gasteiger partial charge in [-0.25, -0.2) is 0 Å². The minimum absolute atomic E-state index is 0.290. The van der Waals surface area contributed by atoms with Crippen LogP contribution in [-0.2, 0) is 10.9 Å². The average molecular weight is 260 g/mol. The second-order valence-corrected chi connectivity index (χ2v) is 3.76. The number of halogens is 3. The zero-order valence-electron chi connectivity index (χ0n) is 10.3. The van der Waals surface area contributed by atoms with Crippen molar-refractivity contribution in [3.63, 3.8) is 0 Å². The number of hydrogen-bond donors (Lipinski definition) is 0. The summed E-state index contributed by atoms with van der Waals surface area (Å²) in [6, 6.07) is 4.78. The fraction of sp³-hybridized carbons (Fsp3) is 0.462. The van der Waals surface area contributed by atoms with Gasteiger partial charge in [-0.15, -0.1) is 0 Å². The molecule has 0 N–H and O–H groups in total. The molecule has 18 heavy (non-hydrogen) atoms. The van der Waals surface area contributed by atoms with E-state index in [0.29, 0.717) is 13.0 Å². The summed E-state index contributed by atoms with van der Waals surface area (Å²) in [6.45, 7) is 3.69.